The number of halogens is 1. The molecule has 6 heteroatoms. The van der Waals surface area contributed by atoms with Gasteiger partial charge in [-0.1, -0.05) is 41.9 Å². The largest absolute Gasteiger partial charge is 0.489 e. The predicted molar refractivity (Wildman–Crippen MR) is 124 cm³/mol. The lowest BCUT2D eigenvalue weighted by Gasteiger charge is -2.27. The number of ether oxygens (including phenoxy) is 1. The Morgan fingerprint density at radius 2 is 1.91 bits per heavy atom. The molecule has 166 valence electrons. The Bertz CT molecular complexity index is 1080. The van der Waals surface area contributed by atoms with Gasteiger partial charge in [0.1, 0.15) is 12.4 Å². The molecule has 0 spiro atoms. The van der Waals surface area contributed by atoms with E-state index in [0.29, 0.717) is 18.2 Å². The van der Waals surface area contributed by atoms with E-state index in [1.165, 1.54) is 11.1 Å². The van der Waals surface area contributed by atoms with Crippen LogP contribution in [-0.2, 0) is 19.4 Å². The van der Waals surface area contributed by atoms with Gasteiger partial charge in [-0.3, -0.25) is 0 Å². The van der Waals surface area contributed by atoms with Crippen molar-refractivity contribution in [3.05, 3.63) is 99.6 Å². The van der Waals surface area contributed by atoms with Gasteiger partial charge >= 0.3 is 5.97 Å². The first kappa shape index (κ1) is 22.3. The summed E-state index contributed by atoms with van der Waals surface area (Å²) < 4.78 is 5.94. The summed E-state index contributed by atoms with van der Waals surface area (Å²) in [6, 6.07) is 20.5. The molecular formula is C26H26ClNO4. The fourth-order valence-electron chi connectivity index (χ4n) is 4.02. The molecule has 3 aromatic rings. The molecule has 5 nitrogen and oxygen atoms in total. The maximum Gasteiger partial charge on any atom is 0.335 e. The van der Waals surface area contributed by atoms with Gasteiger partial charge < -0.3 is 20.3 Å². The lowest BCUT2D eigenvalue weighted by molar-refractivity contribution is 0.0697. The van der Waals surface area contributed by atoms with Crippen LogP contribution in [0.3, 0.4) is 0 Å². The second-order valence-corrected chi connectivity index (χ2v) is 8.58. The molecule has 0 aromatic heterocycles. The highest BCUT2D eigenvalue weighted by Crippen LogP contribution is 2.27. The number of aliphatic hydroxyl groups is 1. The molecule has 1 aliphatic carbocycles. The Balaban J connectivity index is 1.32. The van der Waals surface area contributed by atoms with Crippen LogP contribution in [0.4, 0.5) is 0 Å². The van der Waals surface area contributed by atoms with Crippen molar-refractivity contribution >= 4 is 17.6 Å². The fraction of sp³-hybridized carbons (Fsp3) is 0.269. The zero-order valence-corrected chi connectivity index (χ0v) is 18.4. The van der Waals surface area contributed by atoms with Crippen LogP contribution in [0.15, 0.2) is 66.7 Å². The van der Waals surface area contributed by atoms with E-state index in [0.717, 1.165) is 36.1 Å². The molecule has 32 heavy (non-hydrogen) atoms. The third-order valence-electron chi connectivity index (χ3n) is 5.85. The van der Waals surface area contributed by atoms with Gasteiger partial charge in [0.25, 0.3) is 0 Å². The summed E-state index contributed by atoms with van der Waals surface area (Å²) in [7, 11) is 0. The zero-order valence-electron chi connectivity index (χ0n) is 17.6. The number of fused-ring (bicyclic) bond motifs is 1. The number of aryl methyl sites for hydroxylation is 1. The normalized spacial score (nSPS) is 16.2. The maximum absolute atomic E-state index is 11.0. The molecule has 0 unspecified atom stereocenters. The van der Waals surface area contributed by atoms with E-state index in [9.17, 15) is 9.90 Å². The van der Waals surface area contributed by atoms with Crippen molar-refractivity contribution in [3.63, 3.8) is 0 Å². The molecule has 0 radical (unpaired) electrons. The third kappa shape index (κ3) is 5.68. The van der Waals surface area contributed by atoms with Crippen molar-refractivity contribution in [2.75, 3.05) is 6.54 Å². The quantitative estimate of drug-likeness (QED) is 0.458. The number of nitrogens with one attached hydrogen (secondary N) is 1. The van der Waals surface area contributed by atoms with Crippen LogP contribution in [0.1, 0.15) is 45.1 Å². The van der Waals surface area contributed by atoms with Gasteiger partial charge in [0.2, 0.25) is 0 Å². The molecule has 0 aliphatic heterocycles. The van der Waals surface area contributed by atoms with E-state index in [1.54, 1.807) is 36.4 Å². The first-order valence-corrected chi connectivity index (χ1v) is 11.1. The minimum Gasteiger partial charge on any atom is -0.489 e. The topological polar surface area (TPSA) is 78.8 Å². The highest BCUT2D eigenvalue weighted by atomic mass is 35.5. The van der Waals surface area contributed by atoms with E-state index >= 15 is 0 Å². The highest BCUT2D eigenvalue weighted by molar-refractivity contribution is 6.30. The monoisotopic (exact) mass is 451 g/mol. The number of hydrogen-bond acceptors (Lipinski definition) is 4. The van der Waals surface area contributed by atoms with Crippen LogP contribution in [0.25, 0.3) is 0 Å². The number of aromatic carboxylic acids is 1. The van der Waals surface area contributed by atoms with Crippen molar-refractivity contribution in [3.8, 4) is 5.75 Å². The van der Waals surface area contributed by atoms with Crippen LogP contribution < -0.4 is 10.1 Å². The third-order valence-corrected chi connectivity index (χ3v) is 6.08. The summed E-state index contributed by atoms with van der Waals surface area (Å²) >= 11 is 6.03. The van der Waals surface area contributed by atoms with E-state index in [-0.39, 0.29) is 11.6 Å². The molecule has 0 saturated heterocycles. The number of benzene rings is 3. The maximum atomic E-state index is 11.0. The Morgan fingerprint density at radius 1 is 1.09 bits per heavy atom. The molecular weight excluding hydrogens is 426 g/mol. The van der Waals surface area contributed by atoms with E-state index in [1.807, 2.05) is 18.2 Å². The molecule has 0 bridgehead atoms. The molecule has 1 aliphatic rings. The van der Waals surface area contributed by atoms with E-state index < -0.39 is 12.1 Å². The van der Waals surface area contributed by atoms with Gasteiger partial charge in [0.05, 0.1) is 11.7 Å². The van der Waals surface area contributed by atoms with E-state index in [4.69, 9.17) is 21.4 Å². The summed E-state index contributed by atoms with van der Waals surface area (Å²) in [5.41, 5.74) is 4.58. The number of carboxylic acid groups (broad SMARTS) is 1. The lowest BCUT2D eigenvalue weighted by atomic mass is 9.88. The fourth-order valence-corrected chi connectivity index (χ4v) is 4.22. The molecule has 3 aromatic carbocycles. The summed E-state index contributed by atoms with van der Waals surface area (Å²) in [4.78, 5) is 11.0. The number of hydrogen-bond donors (Lipinski definition) is 3. The summed E-state index contributed by atoms with van der Waals surface area (Å²) in [6.45, 7) is 0.856. The van der Waals surface area contributed by atoms with Gasteiger partial charge in [-0.25, -0.2) is 4.79 Å². The summed E-state index contributed by atoms with van der Waals surface area (Å²) in [5, 5.41) is 23.6. The summed E-state index contributed by atoms with van der Waals surface area (Å²) in [6.07, 6.45) is 2.28. The number of carbonyl (C=O) groups is 1. The van der Waals surface area contributed by atoms with Crippen molar-refractivity contribution in [1.82, 2.24) is 5.32 Å². The van der Waals surface area contributed by atoms with Crippen molar-refractivity contribution in [1.29, 1.82) is 0 Å². The number of carboxylic acids is 1. The van der Waals surface area contributed by atoms with Gasteiger partial charge in [0, 0.05) is 17.6 Å². The van der Waals surface area contributed by atoms with Gasteiger partial charge in [-0.2, -0.15) is 0 Å². The smallest absolute Gasteiger partial charge is 0.335 e. The average molecular weight is 452 g/mol. The second kappa shape index (κ2) is 10.2. The Morgan fingerprint density at radius 3 is 2.66 bits per heavy atom. The first-order chi connectivity index (χ1) is 15.5. The van der Waals surface area contributed by atoms with Crippen LogP contribution >= 0.6 is 11.6 Å². The van der Waals surface area contributed by atoms with Crippen molar-refractivity contribution in [2.24, 2.45) is 0 Å². The molecule has 0 heterocycles. The number of aliphatic hydroxyl groups excluding tert-OH is 1. The standard InChI is InChI=1S/C26H26ClNO4/c27-22-3-1-2-20(12-22)25(29)15-28-23-10-8-18-9-11-24(14-21(18)13-23)32-16-17-4-6-19(7-5-17)26(30)31/h1-7,9,11-12,14,23,25,28-29H,8,10,13,15-16H2,(H,30,31)/t23-,25+/m0/s1. The number of rotatable bonds is 8. The second-order valence-electron chi connectivity index (χ2n) is 8.14. The Labute approximate surface area is 192 Å². The SMILES string of the molecule is O=C(O)c1ccc(COc2ccc3c(c2)C[C@@H](NC[C@@H](O)c2cccc(Cl)c2)CC3)cc1. The molecule has 0 fully saturated rings. The molecule has 0 amide bonds. The minimum absolute atomic E-state index is 0.265. The van der Waals surface area contributed by atoms with Crippen molar-refractivity contribution in [2.45, 2.75) is 38.0 Å². The Kier molecular flexibility index (Phi) is 7.10. The van der Waals surface area contributed by atoms with Crippen LogP contribution in [0.2, 0.25) is 5.02 Å². The van der Waals surface area contributed by atoms with Crippen LogP contribution in [0.5, 0.6) is 5.75 Å². The molecule has 3 N–H and O–H groups in total. The van der Waals surface area contributed by atoms with Crippen LogP contribution in [-0.4, -0.2) is 28.8 Å². The lowest BCUT2D eigenvalue weighted by Crippen LogP contribution is -2.37. The Hall–Kier alpha value is -2.86. The van der Waals surface area contributed by atoms with E-state index in [2.05, 4.69) is 17.4 Å². The zero-order chi connectivity index (χ0) is 22.5. The van der Waals surface area contributed by atoms with Gasteiger partial charge in [-0.15, -0.1) is 0 Å². The molecule has 2 atom stereocenters. The predicted octanol–water partition coefficient (Wildman–Crippen LogP) is 4.80. The summed E-state index contributed by atoms with van der Waals surface area (Å²) in [5.74, 6) is -0.138. The van der Waals surface area contributed by atoms with Crippen molar-refractivity contribution < 1.29 is 19.7 Å². The highest BCUT2D eigenvalue weighted by Gasteiger charge is 2.20. The van der Waals surface area contributed by atoms with Crippen LogP contribution in [0, 0.1) is 0 Å². The van der Waals surface area contributed by atoms with Gasteiger partial charge in [0.15, 0.2) is 0 Å². The molecule has 0 saturated carbocycles. The first-order valence-electron chi connectivity index (χ1n) is 10.7. The minimum atomic E-state index is -0.935. The molecule has 4 rings (SSSR count). The van der Waals surface area contributed by atoms with Gasteiger partial charge in [-0.05, 0) is 77.9 Å². The average Bonchev–Trinajstić information content (AvgIpc) is 2.81.